The Morgan fingerprint density at radius 3 is 2.30 bits per heavy atom. The number of carbonyl (C=O) groups is 2. The van der Waals surface area contributed by atoms with Crippen LogP contribution in [0.1, 0.15) is 43.5 Å². The minimum Gasteiger partial charge on any atom is -0.350 e. The van der Waals surface area contributed by atoms with E-state index in [0.717, 1.165) is 64.4 Å². The topological polar surface area (TPSA) is 82.1 Å². The average molecular weight is 517 g/mol. The van der Waals surface area contributed by atoms with Crippen LogP contribution in [0, 0.1) is 11.8 Å². The molecule has 2 amide bonds. The number of benzene rings is 2. The highest BCUT2D eigenvalue weighted by Crippen LogP contribution is 2.42. The second-order valence-corrected chi connectivity index (χ2v) is 10.6. The van der Waals surface area contributed by atoms with Crippen LogP contribution in [0.15, 0.2) is 54.7 Å². The van der Waals surface area contributed by atoms with Crippen molar-refractivity contribution < 1.29 is 9.59 Å². The zero-order chi connectivity index (χ0) is 25.1. The molecule has 3 N–H and O–H groups in total. The van der Waals surface area contributed by atoms with Crippen LogP contribution in [0.25, 0.3) is 33.0 Å². The SMILES string of the molecule is CC(C)[C@H](N)[C@H]1CCc2c(C3=C(c4cn(C)c5ccccc45)C(=O)NC3=O)c3ccccc3n2CC1.Cl. The predicted octanol–water partition coefficient (Wildman–Crippen LogP) is 5.06. The summed E-state index contributed by atoms with van der Waals surface area (Å²) >= 11 is 0. The van der Waals surface area contributed by atoms with Crippen molar-refractivity contribution in [2.75, 3.05) is 0 Å². The first-order valence-electron chi connectivity index (χ1n) is 12.9. The van der Waals surface area contributed by atoms with Gasteiger partial charge in [-0.3, -0.25) is 14.9 Å². The number of nitrogens with zero attached hydrogens (tertiary/aromatic N) is 2. The number of hydrogen-bond donors (Lipinski definition) is 2. The molecule has 0 spiro atoms. The van der Waals surface area contributed by atoms with E-state index < -0.39 is 0 Å². The summed E-state index contributed by atoms with van der Waals surface area (Å²) in [5.74, 6) is 0.190. The molecule has 2 aliphatic heterocycles. The molecule has 7 heteroatoms. The van der Waals surface area contributed by atoms with Crippen LogP contribution in [0.2, 0.25) is 0 Å². The van der Waals surface area contributed by atoms with Crippen molar-refractivity contribution in [1.82, 2.24) is 14.5 Å². The Morgan fingerprint density at radius 1 is 0.919 bits per heavy atom. The Morgan fingerprint density at radius 2 is 1.57 bits per heavy atom. The van der Waals surface area contributed by atoms with Crippen molar-refractivity contribution in [3.63, 3.8) is 0 Å². The van der Waals surface area contributed by atoms with Crippen molar-refractivity contribution in [2.45, 2.75) is 45.7 Å². The lowest BCUT2D eigenvalue weighted by molar-refractivity contribution is -0.122. The van der Waals surface area contributed by atoms with Gasteiger partial charge in [0.05, 0.1) is 11.1 Å². The molecule has 0 saturated carbocycles. The third-order valence-electron chi connectivity index (χ3n) is 8.22. The van der Waals surface area contributed by atoms with Gasteiger partial charge in [-0.05, 0) is 43.2 Å². The summed E-state index contributed by atoms with van der Waals surface area (Å²) < 4.78 is 4.38. The quantitative estimate of drug-likeness (QED) is 0.372. The van der Waals surface area contributed by atoms with Gasteiger partial charge in [0.2, 0.25) is 0 Å². The Bertz CT molecular complexity index is 1580. The van der Waals surface area contributed by atoms with Crippen molar-refractivity contribution in [3.05, 3.63) is 71.5 Å². The Hall–Kier alpha value is -3.35. The third-order valence-corrected chi connectivity index (χ3v) is 8.22. The minimum absolute atomic E-state index is 0. The van der Waals surface area contributed by atoms with E-state index in [9.17, 15) is 9.59 Å². The smallest absolute Gasteiger partial charge is 0.259 e. The number of hydrogen-bond acceptors (Lipinski definition) is 3. The van der Waals surface area contributed by atoms with Gasteiger partial charge in [-0.1, -0.05) is 50.2 Å². The van der Waals surface area contributed by atoms with Gasteiger partial charge < -0.3 is 14.9 Å². The van der Waals surface area contributed by atoms with Crippen LogP contribution in [-0.4, -0.2) is 27.0 Å². The van der Waals surface area contributed by atoms with E-state index >= 15 is 0 Å². The largest absolute Gasteiger partial charge is 0.350 e. The van der Waals surface area contributed by atoms with E-state index in [4.69, 9.17) is 5.73 Å². The molecule has 2 atom stereocenters. The lowest BCUT2D eigenvalue weighted by Gasteiger charge is -2.25. The van der Waals surface area contributed by atoms with Crippen LogP contribution in [0.5, 0.6) is 0 Å². The molecule has 0 saturated heterocycles. The van der Waals surface area contributed by atoms with E-state index in [1.165, 1.54) is 0 Å². The van der Waals surface area contributed by atoms with Crippen molar-refractivity contribution in [2.24, 2.45) is 24.6 Å². The lowest BCUT2D eigenvalue weighted by atomic mass is 9.85. The van der Waals surface area contributed by atoms with Gasteiger partial charge in [-0.25, -0.2) is 0 Å². The molecule has 0 bridgehead atoms. The van der Waals surface area contributed by atoms with Crippen LogP contribution >= 0.6 is 12.4 Å². The third kappa shape index (κ3) is 3.90. The zero-order valence-electron chi connectivity index (χ0n) is 21.5. The highest BCUT2D eigenvalue weighted by Gasteiger charge is 2.38. The first-order chi connectivity index (χ1) is 17.4. The summed E-state index contributed by atoms with van der Waals surface area (Å²) in [6, 6.07) is 16.4. The number of imide groups is 1. The number of carbonyl (C=O) groups excluding carboxylic acids is 2. The number of rotatable bonds is 4. The minimum atomic E-state index is -0.330. The van der Waals surface area contributed by atoms with Gasteiger partial charge >= 0.3 is 0 Å². The Kier molecular flexibility index (Phi) is 6.50. The highest BCUT2D eigenvalue weighted by atomic mass is 35.5. The van der Waals surface area contributed by atoms with E-state index in [-0.39, 0.29) is 30.3 Å². The molecule has 192 valence electrons. The lowest BCUT2D eigenvalue weighted by Crippen LogP contribution is -2.35. The first kappa shape index (κ1) is 25.3. The molecule has 0 fully saturated rings. The Labute approximate surface area is 222 Å². The van der Waals surface area contributed by atoms with Crippen molar-refractivity contribution in [1.29, 1.82) is 0 Å². The molecule has 2 aliphatic rings. The van der Waals surface area contributed by atoms with Crippen LogP contribution in [-0.2, 0) is 29.6 Å². The van der Waals surface area contributed by atoms with Gasteiger partial charge in [0.15, 0.2) is 0 Å². The number of nitrogens with two attached hydrogens (primary N) is 1. The maximum atomic E-state index is 13.5. The summed E-state index contributed by atoms with van der Waals surface area (Å²) in [6.45, 7) is 5.23. The molecule has 0 radical (unpaired) electrons. The molecule has 4 heterocycles. The van der Waals surface area contributed by atoms with Crippen LogP contribution in [0.4, 0.5) is 0 Å². The molecular weight excluding hydrogens is 484 g/mol. The molecule has 6 nitrogen and oxygen atoms in total. The van der Waals surface area contributed by atoms with Gasteiger partial charge in [-0.2, -0.15) is 0 Å². The normalized spacial score (nSPS) is 18.8. The van der Waals surface area contributed by atoms with Crippen LogP contribution < -0.4 is 11.1 Å². The molecule has 0 unspecified atom stereocenters. The second-order valence-electron chi connectivity index (χ2n) is 10.6. The zero-order valence-corrected chi connectivity index (χ0v) is 22.3. The molecular formula is C30H33ClN4O2. The van der Waals surface area contributed by atoms with Crippen molar-refractivity contribution >= 4 is 57.2 Å². The number of aryl methyl sites for hydroxylation is 2. The molecule has 37 heavy (non-hydrogen) atoms. The molecule has 2 aromatic heterocycles. The monoisotopic (exact) mass is 516 g/mol. The summed E-state index contributed by atoms with van der Waals surface area (Å²) in [6.07, 6.45) is 4.76. The van der Waals surface area contributed by atoms with Crippen LogP contribution in [0.3, 0.4) is 0 Å². The molecule has 2 aromatic carbocycles. The summed E-state index contributed by atoms with van der Waals surface area (Å²) in [4.78, 5) is 26.8. The summed E-state index contributed by atoms with van der Waals surface area (Å²) in [5, 5.41) is 4.61. The number of aromatic nitrogens is 2. The van der Waals surface area contributed by atoms with E-state index in [1.54, 1.807) is 0 Å². The van der Waals surface area contributed by atoms with E-state index in [0.29, 0.717) is 23.0 Å². The average Bonchev–Trinajstić information content (AvgIpc) is 3.39. The molecule has 4 aromatic rings. The molecule has 6 rings (SSSR count). The Balaban J connectivity index is 0.00000280. The first-order valence-corrected chi connectivity index (χ1v) is 12.9. The van der Waals surface area contributed by atoms with Gasteiger partial charge in [0.25, 0.3) is 11.8 Å². The van der Waals surface area contributed by atoms with Gasteiger partial charge in [0.1, 0.15) is 0 Å². The summed E-state index contributed by atoms with van der Waals surface area (Å²) in [7, 11) is 1.97. The van der Waals surface area contributed by atoms with E-state index in [2.05, 4.69) is 35.9 Å². The summed E-state index contributed by atoms with van der Waals surface area (Å²) in [5.41, 5.74) is 12.5. The van der Waals surface area contributed by atoms with Gasteiger partial charge in [0, 0.05) is 64.5 Å². The predicted molar refractivity (Wildman–Crippen MR) is 151 cm³/mol. The van der Waals surface area contributed by atoms with Crippen molar-refractivity contribution in [3.8, 4) is 0 Å². The number of para-hydroxylation sites is 2. The number of nitrogens with one attached hydrogen (secondary N) is 1. The number of fused-ring (bicyclic) bond motifs is 4. The fourth-order valence-corrected chi connectivity index (χ4v) is 6.33. The fourth-order valence-electron chi connectivity index (χ4n) is 6.33. The number of halogens is 1. The van der Waals surface area contributed by atoms with E-state index in [1.807, 2.05) is 54.2 Å². The maximum absolute atomic E-state index is 13.5. The highest BCUT2D eigenvalue weighted by molar-refractivity contribution is 6.51. The maximum Gasteiger partial charge on any atom is 0.259 e. The van der Waals surface area contributed by atoms with Gasteiger partial charge in [-0.15, -0.1) is 12.4 Å². The number of amides is 2. The fraction of sp³-hybridized carbons (Fsp3) is 0.333. The standard InChI is InChI=1S/C30H32N4O2.ClH/c1-17(2)28(31)18-12-13-24-25(20-9-5-7-11-23(20)34(24)15-14-18)27-26(29(35)32-30(27)36)21-16-33(3)22-10-6-4-8-19(21)22;/h4-11,16-18,28H,12-15,31H2,1-3H3,(H,32,35,36);1H/t18-,28-;/m0./s1. The second kappa shape index (κ2) is 9.51. The molecule has 0 aliphatic carbocycles.